The topological polar surface area (TPSA) is 72.2 Å². The summed E-state index contributed by atoms with van der Waals surface area (Å²) in [5.74, 6) is -0.0986. The number of hydrogen-bond acceptors (Lipinski definition) is 3. The minimum atomic E-state index is -3.39. The van der Waals surface area contributed by atoms with E-state index in [4.69, 9.17) is 18.0 Å². The smallest absolute Gasteiger partial charge is 0.216 e. The maximum Gasteiger partial charge on any atom is 0.216 e. The fourth-order valence-electron chi connectivity index (χ4n) is 2.20. The van der Waals surface area contributed by atoms with Gasteiger partial charge in [0.15, 0.2) is 0 Å². The maximum atomic E-state index is 12.2. The van der Waals surface area contributed by atoms with Crippen LogP contribution in [0.2, 0.25) is 0 Å². The average molecular weight is 329 g/mol. The molecule has 0 saturated heterocycles. The summed E-state index contributed by atoms with van der Waals surface area (Å²) < 4.78 is 27.2. The van der Waals surface area contributed by atoms with Gasteiger partial charge >= 0.3 is 0 Å². The summed E-state index contributed by atoms with van der Waals surface area (Å²) in [6, 6.07) is 7.02. The SMILES string of the molecule is CCCCCC(C)NS(=O)(=O)Cc1ccccc1C(N)=S. The predicted molar refractivity (Wildman–Crippen MR) is 91.7 cm³/mol. The second-order valence-corrected chi connectivity index (χ2v) is 7.49. The Morgan fingerprint density at radius 1 is 1.33 bits per heavy atom. The molecule has 6 heteroatoms. The molecule has 0 bridgehead atoms. The molecule has 0 aliphatic heterocycles. The lowest BCUT2D eigenvalue weighted by molar-refractivity contribution is 0.526. The third kappa shape index (κ3) is 6.54. The lowest BCUT2D eigenvalue weighted by atomic mass is 10.1. The number of sulfonamides is 1. The Bertz CT molecular complexity index is 571. The van der Waals surface area contributed by atoms with Crippen molar-refractivity contribution in [2.45, 2.75) is 51.3 Å². The Labute approximate surface area is 133 Å². The van der Waals surface area contributed by atoms with Gasteiger partial charge in [0.25, 0.3) is 0 Å². The van der Waals surface area contributed by atoms with Crippen LogP contribution >= 0.6 is 12.2 Å². The van der Waals surface area contributed by atoms with E-state index >= 15 is 0 Å². The average Bonchev–Trinajstić information content (AvgIpc) is 2.38. The van der Waals surface area contributed by atoms with Crippen LogP contribution in [0.5, 0.6) is 0 Å². The maximum absolute atomic E-state index is 12.2. The van der Waals surface area contributed by atoms with Crippen molar-refractivity contribution in [2.24, 2.45) is 5.73 Å². The Balaban J connectivity index is 2.70. The fourth-order valence-corrected chi connectivity index (χ4v) is 3.87. The van der Waals surface area contributed by atoms with Crippen molar-refractivity contribution in [1.29, 1.82) is 0 Å². The Morgan fingerprint density at radius 3 is 2.62 bits per heavy atom. The van der Waals surface area contributed by atoms with Gasteiger partial charge in [0.1, 0.15) is 4.99 Å². The number of unbranched alkanes of at least 4 members (excludes halogenated alkanes) is 2. The number of thiocarbonyl (C=S) groups is 1. The van der Waals surface area contributed by atoms with Gasteiger partial charge in [-0.2, -0.15) is 0 Å². The molecule has 0 saturated carbocycles. The molecule has 0 radical (unpaired) electrons. The van der Waals surface area contributed by atoms with Crippen LogP contribution in [0.1, 0.15) is 50.7 Å². The molecule has 118 valence electrons. The highest BCUT2D eigenvalue weighted by Crippen LogP contribution is 2.13. The van der Waals surface area contributed by atoms with Gasteiger partial charge in [-0.15, -0.1) is 0 Å². The molecule has 21 heavy (non-hydrogen) atoms. The molecule has 0 heterocycles. The fraction of sp³-hybridized carbons (Fsp3) is 0.533. The van der Waals surface area contributed by atoms with Crippen LogP contribution in [-0.4, -0.2) is 19.4 Å². The standard InChI is InChI=1S/C15H24N2O2S2/c1-3-4-5-8-12(2)17-21(18,19)11-13-9-6-7-10-14(13)15(16)20/h6-7,9-10,12,17H,3-5,8,11H2,1-2H3,(H2,16,20). The third-order valence-corrected chi connectivity index (χ3v) is 4.92. The Morgan fingerprint density at radius 2 is 2.00 bits per heavy atom. The first-order valence-electron chi connectivity index (χ1n) is 7.23. The molecule has 1 atom stereocenters. The molecule has 0 spiro atoms. The molecule has 0 amide bonds. The first-order chi connectivity index (χ1) is 9.85. The normalized spacial score (nSPS) is 13.0. The lowest BCUT2D eigenvalue weighted by Gasteiger charge is -2.15. The van der Waals surface area contributed by atoms with Crippen LogP contribution in [0.4, 0.5) is 0 Å². The zero-order chi connectivity index (χ0) is 15.9. The van der Waals surface area contributed by atoms with E-state index in [1.165, 1.54) is 0 Å². The van der Waals surface area contributed by atoms with E-state index in [9.17, 15) is 8.42 Å². The first kappa shape index (κ1) is 18.1. The van der Waals surface area contributed by atoms with E-state index < -0.39 is 10.0 Å². The van der Waals surface area contributed by atoms with Crippen LogP contribution in [-0.2, 0) is 15.8 Å². The van der Waals surface area contributed by atoms with Crippen LogP contribution in [0.15, 0.2) is 24.3 Å². The van der Waals surface area contributed by atoms with Crippen molar-refractivity contribution in [1.82, 2.24) is 4.72 Å². The molecule has 0 aliphatic carbocycles. The molecule has 3 N–H and O–H groups in total. The van der Waals surface area contributed by atoms with E-state index in [1.54, 1.807) is 24.3 Å². The summed E-state index contributed by atoms with van der Waals surface area (Å²) in [7, 11) is -3.39. The second kappa shape index (κ2) is 8.46. The van der Waals surface area contributed by atoms with Crippen molar-refractivity contribution in [3.63, 3.8) is 0 Å². The van der Waals surface area contributed by atoms with Gasteiger partial charge in [0.05, 0.1) is 5.75 Å². The Hall–Kier alpha value is -0.980. The molecule has 1 rings (SSSR count). The van der Waals surface area contributed by atoms with E-state index in [2.05, 4.69) is 11.6 Å². The highest BCUT2D eigenvalue weighted by Gasteiger charge is 2.17. The number of benzene rings is 1. The molecular weight excluding hydrogens is 304 g/mol. The van der Waals surface area contributed by atoms with E-state index in [-0.39, 0.29) is 16.8 Å². The van der Waals surface area contributed by atoms with Crippen LogP contribution in [0, 0.1) is 0 Å². The highest BCUT2D eigenvalue weighted by molar-refractivity contribution is 7.88. The number of nitrogens with one attached hydrogen (secondary N) is 1. The molecule has 1 unspecified atom stereocenters. The molecule has 0 aliphatic rings. The van der Waals surface area contributed by atoms with E-state index in [0.29, 0.717) is 11.1 Å². The first-order valence-corrected chi connectivity index (χ1v) is 9.29. The van der Waals surface area contributed by atoms with E-state index in [0.717, 1.165) is 25.7 Å². The molecular formula is C15H24N2O2S2. The predicted octanol–water partition coefficient (Wildman–Crippen LogP) is 2.71. The number of nitrogens with two attached hydrogens (primary N) is 1. The Kier molecular flexibility index (Phi) is 7.28. The lowest BCUT2D eigenvalue weighted by Crippen LogP contribution is -2.34. The summed E-state index contributed by atoms with van der Waals surface area (Å²) in [4.78, 5) is 0.219. The second-order valence-electron chi connectivity index (χ2n) is 5.30. The van der Waals surface area contributed by atoms with Gasteiger partial charge in [-0.1, -0.05) is 62.7 Å². The van der Waals surface area contributed by atoms with E-state index in [1.807, 2.05) is 6.92 Å². The van der Waals surface area contributed by atoms with Gasteiger partial charge in [-0.05, 0) is 18.9 Å². The van der Waals surface area contributed by atoms with Gasteiger partial charge in [-0.3, -0.25) is 0 Å². The summed E-state index contributed by atoms with van der Waals surface area (Å²) in [6.07, 6.45) is 4.13. The molecule has 0 aromatic heterocycles. The molecule has 1 aromatic rings. The van der Waals surface area contributed by atoms with Gasteiger partial charge in [0, 0.05) is 11.6 Å². The largest absolute Gasteiger partial charge is 0.389 e. The van der Waals surface area contributed by atoms with Gasteiger partial charge < -0.3 is 5.73 Å². The zero-order valence-corrected chi connectivity index (χ0v) is 14.3. The summed E-state index contributed by atoms with van der Waals surface area (Å²) in [6.45, 7) is 4.02. The highest BCUT2D eigenvalue weighted by atomic mass is 32.2. The van der Waals surface area contributed by atoms with Crippen molar-refractivity contribution >= 4 is 27.2 Å². The molecule has 1 aromatic carbocycles. The van der Waals surface area contributed by atoms with Gasteiger partial charge in [-0.25, -0.2) is 13.1 Å². The minimum absolute atomic E-state index is 0.0569. The van der Waals surface area contributed by atoms with Crippen LogP contribution in [0.25, 0.3) is 0 Å². The van der Waals surface area contributed by atoms with Crippen molar-refractivity contribution in [3.8, 4) is 0 Å². The zero-order valence-electron chi connectivity index (χ0n) is 12.6. The summed E-state index contributed by atoms with van der Waals surface area (Å²) >= 11 is 4.96. The van der Waals surface area contributed by atoms with Crippen molar-refractivity contribution in [2.75, 3.05) is 0 Å². The molecule has 0 fully saturated rings. The number of hydrogen-bond donors (Lipinski definition) is 2. The van der Waals surface area contributed by atoms with Crippen LogP contribution in [0.3, 0.4) is 0 Å². The van der Waals surface area contributed by atoms with Crippen molar-refractivity contribution in [3.05, 3.63) is 35.4 Å². The van der Waals surface area contributed by atoms with Crippen LogP contribution < -0.4 is 10.5 Å². The monoisotopic (exact) mass is 328 g/mol. The summed E-state index contributed by atoms with van der Waals surface area (Å²) in [5, 5.41) is 0. The molecule has 4 nitrogen and oxygen atoms in total. The third-order valence-electron chi connectivity index (χ3n) is 3.25. The quantitative estimate of drug-likeness (QED) is 0.540. The van der Waals surface area contributed by atoms with Gasteiger partial charge in [0.2, 0.25) is 10.0 Å². The number of rotatable bonds is 9. The minimum Gasteiger partial charge on any atom is -0.389 e. The summed E-state index contributed by atoms with van der Waals surface area (Å²) in [5.41, 5.74) is 6.89. The van der Waals surface area contributed by atoms with Crippen molar-refractivity contribution < 1.29 is 8.42 Å².